The first-order valence-corrected chi connectivity index (χ1v) is 11.0. The van der Waals surface area contributed by atoms with Crippen molar-refractivity contribution in [2.24, 2.45) is 0 Å². The molecule has 3 amide bonds. The molecular formula is C23H35N4O3+. The van der Waals surface area contributed by atoms with Gasteiger partial charge in [-0.15, -0.1) is 0 Å². The van der Waals surface area contributed by atoms with E-state index in [0.29, 0.717) is 17.9 Å². The molecule has 0 saturated heterocycles. The summed E-state index contributed by atoms with van der Waals surface area (Å²) >= 11 is 0. The van der Waals surface area contributed by atoms with Crippen molar-refractivity contribution >= 4 is 11.9 Å². The Hall–Kier alpha value is -2.54. The SMILES string of the molecule is CC[NH+](CC)CCC[C@H](C)N1CC2=C(C1=O)[C@@H](c1cccc(OC)c1)NC(=O)N2C. The zero-order valence-electron chi connectivity index (χ0n) is 18.8. The zero-order chi connectivity index (χ0) is 21.8. The molecule has 0 aromatic heterocycles. The second-order valence-electron chi connectivity index (χ2n) is 8.21. The Bertz CT molecular complexity index is 818. The van der Waals surface area contributed by atoms with Crippen molar-refractivity contribution < 1.29 is 19.2 Å². The van der Waals surface area contributed by atoms with Gasteiger partial charge in [0.25, 0.3) is 5.91 Å². The van der Waals surface area contributed by atoms with E-state index in [2.05, 4.69) is 26.1 Å². The highest BCUT2D eigenvalue weighted by Gasteiger charge is 2.44. The third-order valence-electron chi connectivity index (χ3n) is 6.50. The summed E-state index contributed by atoms with van der Waals surface area (Å²) < 4.78 is 5.34. The monoisotopic (exact) mass is 415 g/mol. The minimum absolute atomic E-state index is 0.0207. The van der Waals surface area contributed by atoms with Gasteiger partial charge in [-0.05, 0) is 51.3 Å². The summed E-state index contributed by atoms with van der Waals surface area (Å²) in [4.78, 5) is 31.1. The quantitative estimate of drug-likeness (QED) is 0.644. The number of benzene rings is 1. The Labute approximate surface area is 179 Å². The average Bonchev–Trinajstić information content (AvgIpc) is 3.11. The maximum atomic E-state index is 13.4. The molecule has 7 nitrogen and oxygen atoms in total. The largest absolute Gasteiger partial charge is 0.497 e. The number of carbonyl (C=O) groups is 2. The number of methoxy groups -OCH3 is 1. The highest BCUT2D eigenvalue weighted by Crippen LogP contribution is 2.37. The van der Waals surface area contributed by atoms with Crippen molar-refractivity contribution in [1.82, 2.24) is 15.1 Å². The number of quaternary nitrogens is 1. The molecular weight excluding hydrogens is 380 g/mol. The van der Waals surface area contributed by atoms with Gasteiger partial charge >= 0.3 is 6.03 Å². The molecule has 2 aliphatic heterocycles. The summed E-state index contributed by atoms with van der Waals surface area (Å²) in [7, 11) is 3.35. The molecule has 0 bridgehead atoms. The van der Waals surface area contributed by atoms with Gasteiger partial charge < -0.3 is 19.9 Å². The maximum Gasteiger partial charge on any atom is 0.322 e. The van der Waals surface area contributed by atoms with Crippen molar-refractivity contribution in [2.75, 3.05) is 40.3 Å². The molecule has 2 aliphatic rings. The molecule has 2 heterocycles. The number of amides is 3. The topological polar surface area (TPSA) is 66.3 Å². The molecule has 0 fully saturated rings. The van der Waals surface area contributed by atoms with Crippen molar-refractivity contribution in [2.45, 2.75) is 45.7 Å². The van der Waals surface area contributed by atoms with Gasteiger partial charge in [0.05, 0.1) is 50.6 Å². The molecule has 0 aliphatic carbocycles. The maximum absolute atomic E-state index is 13.4. The van der Waals surface area contributed by atoms with E-state index < -0.39 is 6.04 Å². The number of carbonyl (C=O) groups excluding carboxylic acids is 2. The van der Waals surface area contributed by atoms with E-state index in [4.69, 9.17) is 4.74 Å². The molecule has 0 unspecified atom stereocenters. The smallest absolute Gasteiger partial charge is 0.322 e. The first kappa shape index (κ1) is 22.2. The van der Waals surface area contributed by atoms with Crippen LogP contribution in [0.3, 0.4) is 0 Å². The zero-order valence-corrected chi connectivity index (χ0v) is 18.8. The van der Waals surface area contributed by atoms with E-state index in [0.717, 1.165) is 43.7 Å². The fourth-order valence-corrected chi connectivity index (χ4v) is 4.42. The summed E-state index contributed by atoms with van der Waals surface area (Å²) in [6, 6.07) is 7.04. The number of rotatable bonds is 9. The van der Waals surface area contributed by atoms with Crippen LogP contribution in [0.4, 0.5) is 4.79 Å². The number of hydrogen-bond donors (Lipinski definition) is 2. The summed E-state index contributed by atoms with van der Waals surface area (Å²) in [5.74, 6) is 0.727. The summed E-state index contributed by atoms with van der Waals surface area (Å²) in [6.07, 6.45) is 2.05. The predicted octanol–water partition coefficient (Wildman–Crippen LogP) is 1.58. The molecule has 0 radical (unpaired) electrons. The third kappa shape index (κ3) is 4.31. The molecule has 1 aromatic rings. The van der Waals surface area contributed by atoms with Crippen LogP contribution >= 0.6 is 0 Å². The number of hydrogen-bond acceptors (Lipinski definition) is 3. The van der Waals surface area contributed by atoms with Crippen LogP contribution in [0, 0.1) is 0 Å². The van der Waals surface area contributed by atoms with E-state index in [9.17, 15) is 9.59 Å². The van der Waals surface area contributed by atoms with Crippen LogP contribution in [0.15, 0.2) is 35.5 Å². The Kier molecular flexibility index (Phi) is 7.02. The van der Waals surface area contributed by atoms with Crippen LogP contribution in [0.25, 0.3) is 0 Å². The molecule has 164 valence electrons. The third-order valence-corrected chi connectivity index (χ3v) is 6.50. The molecule has 2 atom stereocenters. The Balaban J connectivity index is 1.78. The van der Waals surface area contributed by atoms with Gasteiger partial charge in [0, 0.05) is 13.1 Å². The number of nitrogens with zero attached hydrogens (tertiary/aromatic N) is 2. The normalized spacial score (nSPS) is 20.0. The lowest BCUT2D eigenvalue weighted by molar-refractivity contribution is -0.896. The molecule has 7 heteroatoms. The van der Waals surface area contributed by atoms with Gasteiger partial charge in [0.1, 0.15) is 5.75 Å². The van der Waals surface area contributed by atoms with Crippen molar-refractivity contribution in [3.05, 3.63) is 41.1 Å². The second-order valence-corrected chi connectivity index (χ2v) is 8.21. The minimum atomic E-state index is -0.455. The van der Waals surface area contributed by atoms with Crippen LogP contribution < -0.4 is 15.0 Å². The van der Waals surface area contributed by atoms with Gasteiger partial charge in [0.2, 0.25) is 0 Å². The molecule has 2 N–H and O–H groups in total. The standard InChI is InChI=1S/C23H34N4O3/c1-6-26(7-2)13-9-10-16(3)27-15-19-20(22(27)28)21(24-23(29)25(19)4)17-11-8-12-18(14-17)30-5/h8,11-12,14,16,21H,6-7,9-10,13,15H2,1-5H3,(H,24,29)/p+1/t16-,21+/m0/s1. The van der Waals surface area contributed by atoms with E-state index in [1.807, 2.05) is 29.2 Å². The van der Waals surface area contributed by atoms with Crippen LogP contribution in [0.1, 0.15) is 45.2 Å². The lowest BCUT2D eigenvalue weighted by atomic mass is 9.95. The molecule has 0 saturated carbocycles. The molecule has 30 heavy (non-hydrogen) atoms. The first-order chi connectivity index (χ1) is 14.4. The van der Waals surface area contributed by atoms with Gasteiger partial charge in [-0.2, -0.15) is 0 Å². The fourth-order valence-electron chi connectivity index (χ4n) is 4.42. The molecule has 0 spiro atoms. The van der Waals surface area contributed by atoms with Crippen LogP contribution in [-0.4, -0.2) is 68.1 Å². The predicted molar refractivity (Wildman–Crippen MR) is 116 cm³/mol. The summed E-state index contributed by atoms with van der Waals surface area (Å²) in [5, 5.41) is 2.99. The number of likely N-dealkylation sites (N-methyl/N-ethyl adjacent to an activating group) is 1. The van der Waals surface area contributed by atoms with Crippen LogP contribution in [0.5, 0.6) is 5.75 Å². The number of ether oxygens (including phenoxy) is 1. The minimum Gasteiger partial charge on any atom is -0.497 e. The van der Waals surface area contributed by atoms with Gasteiger partial charge in [-0.25, -0.2) is 4.79 Å². The van der Waals surface area contributed by atoms with Gasteiger partial charge in [0.15, 0.2) is 0 Å². The lowest BCUT2D eigenvalue weighted by Crippen LogP contribution is -3.11. The second kappa shape index (κ2) is 9.51. The average molecular weight is 416 g/mol. The van der Waals surface area contributed by atoms with Crippen LogP contribution in [-0.2, 0) is 4.79 Å². The van der Waals surface area contributed by atoms with E-state index in [1.54, 1.807) is 24.0 Å². The fraction of sp³-hybridized carbons (Fsp3) is 0.565. The summed E-state index contributed by atoms with van der Waals surface area (Å²) in [6.45, 7) is 10.4. The Morgan fingerprint density at radius 2 is 2.00 bits per heavy atom. The van der Waals surface area contributed by atoms with Crippen molar-refractivity contribution in [3.63, 3.8) is 0 Å². The lowest BCUT2D eigenvalue weighted by Gasteiger charge is -2.31. The van der Waals surface area contributed by atoms with E-state index >= 15 is 0 Å². The number of nitrogens with one attached hydrogen (secondary N) is 2. The van der Waals surface area contributed by atoms with Gasteiger partial charge in [-0.3, -0.25) is 9.69 Å². The Morgan fingerprint density at radius 1 is 1.27 bits per heavy atom. The number of urea groups is 1. The summed E-state index contributed by atoms with van der Waals surface area (Å²) in [5.41, 5.74) is 2.33. The highest BCUT2D eigenvalue weighted by atomic mass is 16.5. The Morgan fingerprint density at radius 3 is 2.67 bits per heavy atom. The highest BCUT2D eigenvalue weighted by molar-refractivity contribution is 6.01. The first-order valence-electron chi connectivity index (χ1n) is 11.0. The van der Waals surface area contributed by atoms with Crippen molar-refractivity contribution in [3.8, 4) is 5.75 Å². The van der Waals surface area contributed by atoms with E-state index in [-0.39, 0.29) is 18.0 Å². The molecule has 1 aromatic carbocycles. The van der Waals surface area contributed by atoms with E-state index in [1.165, 1.54) is 0 Å². The van der Waals surface area contributed by atoms with Crippen molar-refractivity contribution in [1.29, 1.82) is 0 Å². The molecule has 3 rings (SSSR count). The van der Waals surface area contributed by atoms with Gasteiger partial charge in [-0.1, -0.05) is 12.1 Å². The van der Waals surface area contributed by atoms with Crippen LogP contribution in [0.2, 0.25) is 0 Å².